The van der Waals surface area contributed by atoms with E-state index in [2.05, 4.69) is 4.74 Å². The van der Waals surface area contributed by atoms with Crippen molar-refractivity contribution in [2.75, 3.05) is 7.11 Å². The molecule has 0 saturated carbocycles. The van der Waals surface area contributed by atoms with E-state index in [0.29, 0.717) is 6.42 Å². The highest BCUT2D eigenvalue weighted by molar-refractivity contribution is 6.04. The maximum Gasteiger partial charge on any atom is 0.338 e. The van der Waals surface area contributed by atoms with Gasteiger partial charge in [0, 0.05) is 5.57 Å². The van der Waals surface area contributed by atoms with Gasteiger partial charge >= 0.3 is 11.9 Å². The summed E-state index contributed by atoms with van der Waals surface area (Å²) in [7, 11) is 1.24. The van der Waals surface area contributed by atoms with Gasteiger partial charge in [0.05, 0.1) is 18.8 Å². The molecule has 1 rings (SSSR count). The fourth-order valence-corrected chi connectivity index (χ4v) is 1.80. The minimum Gasteiger partial charge on any atom is -0.466 e. The first-order chi connectivity index (χ1) is 8.02. The fraction of sp³-hybridized carbons (Fsp3) is 0.667. The zero-order chi connectivity index (χ0) is 13.0. The van der Waals surface area contributed by atoms with E-state index in [1.54, 1.807) is 0 Å². The summed E-state index contributed by atoms with van der Waals surface area (Å²) in [5.74, 6) is -1.18. The van der Waals surface area contributed by atoms with Crippen LogP contribution in [0.25, 0.3) is 0 Å². The molecule has 2 atom stereocenters. The molecule has 5 heteroatoms. The molecule has 0 aromatic heterocycles. The Kier molecular flexibility index (Phi) is 4.69. The molecule has 96 valence electrons. The van der Waals surface area contributed by atoms with E-state index < -0.39 is 24.1 Å². The number of unbranched alkanes of at least 4 members (excludes halogenated alkanes) is 1. The molecule has 0 aliphatic carbocycles. The van der Waals surface area contributed by atoms with Gasteiger partial charge in [-0.2, -0.15) is 0 Å². The Morgan fingerprint density at radius 1 is 1.59 bits per heavy atom. The molecule has 0 amide bonds. The maximum absolute atomic E-state index is 11.5. The highest BCUT2D eigenvalue weighted by atomic mass is 16.6. The largest absolute Gasteiger partial charge is 0.466 e. The van der Waals surface area contributed by atoms with Crippen LogP contribution in [0, 0.1) is 0 Å². The van der Waals surface area contributed by atoms with Crippen LogP contribution < -0.4 is 0 Å². The summed E-state index contributed by atoms with van der Waals surface area (Å²) in [6.45, 7) is 3.50. The molecule has 0 spiro atoms. The van der Waals surface area contributed by atoms with Crippen molar-refractivity contribution in [2.45, 2.75) is 45.3 Å². The summed E-state index contributed by atoms with van der Waals surface area (Å²) in [4.78, 5) is 22.9. The molecule has 1 aliphatic rings. The Morgan fingerprint density at radius 2 is 2.24 bits per heavy atom. The third-order valence-corrected chi connectivity index (χ3v) is 2.84. The van der Waals surface area contributed by atoms with Crippen LogP contribution in [0.2, 0.25) is 0 Å². The van der Waals surface area contributed by atoms with Gasteiger partial charge < -0.3 is 14.6 Å². The summed E-state index contributed by atoms with van der Waals surface area (Å²) < 4.78 is 9.60. The quantitative estimate of drug-likeness (QED) is 0.727. The standard InChI is InChI=1S/C12H18O5/c1-4-5-6-8(13)10-9(12(15)16-3)7(2)11(14)17-10/h8,10,13H,4-6H2,1-3H3/t8-,10-/m1/s1. The Balaban J connectivity index is 2.86. The van der Waals surface area contributed by atoms with Crippen molar-refractivity contribution in [3.63, 3.8) is 0 Å². The van der Waals surface area contributed by atoms with Crippen LogP contribution in [0.5, 0.6) is 0 Å². The number of carbonyl (C=O) groups excluding carboxylic acids is 2. The van der Waals surface area contributed by atoms with Crippen LogP contribution in [0.4, 0.5) is 0 Å². The Hall–Kier alpha value is -1.36. The molecule has 0 saturated heterocycles. The summed E-state index contributed by atoms with van der Waals surface area (Å²) in [6.07, 6.45) is 0.478. The topological polar surface area (TPSA) is 72.8 Å². The van der Waals surface area contributed by atoms with E-state index in [-0.39, 0.29) is 11.1 Å². The number of hydrogen-bond acceptors (Lipinski definition) is 5. The third kappa shape index (κ3) is 2.85. The number of ether oxygens (including phenoxy) is 2. The predicted octanol–water partition coefficient (Wildman–Crippen LogP) is 0.952. The van der Waals surface area contributed by atoms with Crippen LogP contribution in [0.1, 0.15) is 33.1 Å². The molecule has 5 nitrogen and oxygen atoms in total. The second-order valence-electron chi connectivity index (χ2n) is 4.07. The number of aliphatic hydroxyl groups is 1. The van der Waals surface area contributed by atoms with Gasteiger partial charge in [-0.05, 0) is 13.3 Å². The van der Waals surface area contributed by atoms with Gasteiger partial charge in [0.2, 0.25) is 0 Å². The van der Waals surface area contributed by atoms with Gasteiger partial charge in [-0.25, -0.2) is 9.59 Å². The van der Waals surface area contributed by atoms with Crippen molar-refractivity contribution in [2.24, 2.45) is 0 Å². The lowest BCUT2D eigenvalue weighted by Gasteiger charge is -2.19. The highest BCUT2D eigenvalue weighted by Gasteiger charge is 2.40. The summed E-state index contributed by atoms with van der Waals surface area (Å²) in [5, 5.41) is 9.91. The van der Waals surface area contributed by atoms with E-state index in [0.717, 1.165) is 12.8 Å². The first-order valence-electron chi connectivity index (χ1n) is 5.71. The molecular weight excluding hydrogens is 224 g/mol. The Morgan fingerprint density at radius 3 is 2.76 bits per heavy atom. The normalized spacial score (nSPS) is 21.4. The predicted molar refractivity (Wildman–Crippen MR) is 60.1 cm³/mol. The lowest BCUT2D eigenvalue weighted by Crippen LogP contribution is -2.31. The molecule has 1 heterocycles. The number of carbonyl (C=O) groups is 2. The van der Waals surface area contributed by atoms with Gasteiger partial charge in [0.15, 0.2) is 6.10 Å². The number of rotatable bonds is 5. The smallest absolute Gasteiger partial charge is 0.338 e. The van der Waals surface area contributed by atoms with Gasteiger partial charge in [0.1, 0.15) is 0 Å². The minimum atomic E-state index is -0.888. The second-order valence-corrected chi connectivity index (χ2v) is 4.07. The molecule has 1 N–H and O–H groups in total. The molecule has 0 aromatic rings. The van der Waals surface area contributed by atoms with Crippen LogP contribution in [-0.2, 0) is 19.1 Å². The summed E-state index contributed by atoms with van der Waals surface area (Å²) >= 11 is 0. The number of esters is 2. The van der Waals surface area contributed by atoms with Crippen molar-refractivity contribution in [1.29, 1.82) is 0 Å². The number of hydrogen-bond donors (Lipinski definition) is 1. The minimum absolute atomic E-state index is 0.140. The summed E-state index contributed by atoms with van der Waals surface area (Å²) in [5.41, 5.74) is 0.360. The van der Waals surface area contributed by atoms with Gasteiger partial charge in [-0.1, -0.05) is 19.8 Å². The summed E-state index contributed by atoms with van der Waals surface area (Å²) in [6, 6.07) is 0. The lowest BCUT2D eigenvalue weighted by atomic mass is 9.99. The first-order valence-corrected chi connectivity index (χ1v) is 5.71. The van der Waals surface area contributed by atoms with Gasteiger partial charge in [-0.15, -0.1) is 0 Å². The number of methoxy groups -OCH3 is 1. The average molecular weight is 242 g/mol. The van der Waals surface area contributed by atoms with Crippen LogP contribution in [0.15, 0.2) is 11.1 Å². The van der Waals surface area contributed by atoms with Crippen molar-refractivity contribution in [3.05, 3.63) is 11.1 Å². The van der Waals surface area contributed by atoms with E-state index in [9.17, 15) is 14.7 Å². The van der Waals surface area contributed by atoms with Crippen LogP contribution >= 0.6 is 0 Å². The Labute approximate surface area is 100 Å². The van der Waals surface area contributed by atoms with Crippen LogP contribution in [0.3, 0.4) is 0 Å². The molecule has 1 aliphatic heterocycles. The van der Waals surface area contributed by atoms with Gasteiger partial charge in [0.25, 0.3) is 0 Å². The Bertz CT molecular complexity index is 345. The molecule has 0 fully saturated rings. The van der Waals surface area contributed by atoms with E-state index in [4.69, 9.17) is 4.74 Å². The highest BCUT2D eigenvalue weighted by Crippen LogP contribution is 2.27. The molecule has 0 unspecified atom stereocenters. The third-order valence-electron chi connectivity index (χ3n) is 2.84. The van der Waals surface area contributed by atoms with Gasteiger partial charge in [-0.3, -0.25) is 0 Å². The molecule has 0 aromatic carbocycles. The van der Waals surface area contributed by atoms with Crippen molar-refractivity contribution < 1.29 is 24.2 Å². The van der Waals surface area contributed by atoms with Crippen molar-refractivity contribution in [3.8, 4) is 0 Å². The number of aliphatic hydroxyl groups excluding tert-OH is 1. The molecule has 0 bridgehead atoms. The second kappa shape index (κ2) is 5.82. The molecular formula is C12H18O5. The zero-order valence-corrected chi connectivity index (χ0v) is 10.4. The van der Waals surface area contributed by atoms with Crippen molar-refractivity contribution >= 4 is 11.9 Å². The zero-order valence-electron chi connectivity index (χ0n) is 10.4. The molecule has 17 heavy (non-hydrogen) atoms. The van der Waals surface area contributed by atoms with E-state index in [1.807, 2.05) is 6.92 Å². The average Bonchev–Trinajstić information content (AvgIpc) is 2.62. The fourth-order valence-electron chi connectivity index (χ4n) is 1.80. The lowest BCUT2D eigenvalue weighted by molar-refractivity contribution is -0.145. The SMILES string of the molecule is CCCC[C@@H](O)[C@H]1OC(=O)C(C)=C1C(=O)OC. The monoisotopic (exact) mass is 242 g/mol. The molecule has 0 radical (unpaired) electrons. The van der Waals surface area contributed by atoms with E-state index >= 15 is 0 Å². The first kappa shape index (κ1) is 13.7. The van der Waals surface area contributed by atoms with E-state index in [1.165, 1.54) is 14.0 Å². The number of cyclic esters (lactones) is 1. The van der Waals surface area contributed by atoms with Crippen LogP contribution in [-0.4, -0.2) is 36.4 Å². The van der Waals surface area contributed by atoms with Crippen molar-refractivity contribution in [1.82, 2.24) is 0 Å². The maximum atomic E-state index is 11.5.